The van der Waals surface area contributed by atoms with Crippen molar-refractivity contribution in [1.82, 2.24) is 0 Å². The molecular formula is C21H35FO. The van der Waals surface area contributed by atoms with Crippen LogP contribution < -0.4 is 4.74 Å². The van der Waals surface area contributed by atoms with Crippen molar-refractivity contribution in [1.29, 1.82) is 0 Å². The maximum Gasteiger partial charge on any atom is 0.245 e. The predicted octanol–water partition coefficient (Wildman–Crippen LogP) is 7.23. The van der Waals surface area contributed by atoms with Gasteiger partial charge in [0.25, 0.3) is 0 Å². The van der Waals surface area contributed by atoms with Gasteiger partial charge in [0.2, 0.25) is 5.85 Å². The van der Waals surface area contributed by atoms with Gasteiger partial charge in [0.1, 0.15) is 5.75 Å². The second-order valence-electron chi connectivity index (χ2n) is 6.82. The average molecular weight is 323 g/mol. The second-order valence-corrected chi connectivity index (χ2v) is 6.82. The summed E-state index contributed by atoms with van der Waals surface area (Å²) in [6, 6.07) is 7.96. The third kappa shape index (κ3) is 9.63. The van der Waals surface area contributed by atoms with Crippen LogP contribution in [-0.2, 0) is 6.42 Å². The summed E-state index contributed by atoms with van der Waals surface area (Å²) in [6.45, 7) is 5.90. The van der Waals surface area contributed by atoms with Gasteiger partial charge in [-0.15, -0.1) is 0 Å². The van der Waals surface area contributed by atoms with E-state index < -0.39 is 5.85 Å². The van der Waals surface area contributed by atoms with Gasteiger partial charge in [0, 0.05) is 13.3 Å². The Hall–Kier alpha value is -1.05. The lowest BCUT2D eigenvalue weighted by Crippen LogP contribution is -2.26. The van der Waals surface area contributed by atoms with E-state index >= 15 is 0 Å². The molecule has 0 amide bonds. The van der Waals surface area contributed by atoms with E-state index in [9.17, 15) is 4.39 Å². The summed E-state index contributed by atoms with van der Waals surface area (Å²) < 4.78 is 19.8. The van der Waals surface area contributed by atoms with Crippen LogP contribution in [0.15, 0.2) is 24.3 Å². The first-order valence-corrected chi connectivity index (χ1v) is 9.54. The van der Waals surface area contributed by atoms with E-state index in [4.69, 9.17) is 4.74 Å². The Balaban J connectivity index is 2.29. The topological polar surface area (TPSA) is 9.23 Å². The highest BCUT2D eigenvalue weighted by Crippen LogP contribution is 2.25. The first kappa shape index (κ1) is 20.0. The van der Waals surface area contributed by atoms with E-state index in [1.54, 1.807) is 0 Å². The van der Waals surface area contributed by atoms with Gasteiger partial charge in [-0.25, -0.2) is 0 Å². The Bertz CT molecular complexity index is 397. The van der Waals surface area contributed by atoms with Crippen molar-refractivity contribution in [2.75, 3.05) is 0 Å². The van der Waals surface area contributed by atoms with Crippen LogP contribution in [0.3, 0.4) is 0 Å². The van der Waals surface area contributed by atoms with Crippen molar-refractivity contribution in [2.24, 2.45) is 0 Å². The van der Waals surface area contributed by atoms with Gasteiger partial charge in [0.15, 0.2) is 0 Å². The third-order valence-electron chi connectivity index (χ3n) is 4.30. The Morgan fingerprint density at radius 1 is 0.826 bits per heavy atom. The van der Waals surface area contributed by atoms with Gasteiger partial charge in [-0.2, -0.15) is 4.39 Å². The SMILES string of the molecule is CCCCCCCCc1ccc(OC(C)(F)CCCCC)cc1. The van der Waals surface area contributed by atoms with Crippen molar-refractivity contribution in [3.05, 3.63) is 29.8 Å². The fourth-order valence-electron chi connectivity index (χ4n) is 2.82. The van der Waals surface area contributed by atoms with E-state index in [-0.39, 0.29) is 0 Å². The molecule has 1 atom stereocenters. The molecule has 0 spiro atoms. The lowest BCUT2D eigenvalue weighted by atomic mass is 10.0. The molecule has 0 aliphatic rings. The highest BCUT2D eigenvalue weighted by molar-refractivity contribution is 5.27. The number of hydrogen-bond donors (Lipinski definition) is 0. The van der Waals surface area contributed by atoms with Gasteiger partial charge in [-0.1, -0.05) is 70.9 Å². The number of benzene rings is 1. The Kier molecular flexibility index (Phi) is 9.98. The molecule has 0 fully saturated rings. The molecule has 0 saturated heterocycles. The highest BCUT2D eigenvalue weighted by Gasteiger charge is 2.24. The van der Waals surface area contributed by atoms with E-state index in [0.717, 1.165) is 25.7 Å². The van der Waals surface area contributed by atoms with Crippen LogP contribution in [0.1, 0.15) is 90.5 Å². The van der Waals surface area contributed by atoms with Gasteiger partial charge in [-0.05, 0) is 37.0 Å². The van der Waals surface area contributed by atoms with Crippen LogP contribution in [0.25, 0.3) is 0 Å². The summed E-state index contributed by atoms with van der Waals surface area (Å²) in [5.74, 6) is -0.922. The van der Waals surface area contributed by atoms with E-state index in [2.05, 4.69) is 26.0 Å². The first-order chi connectivity index (χ1) is 11.1. The van der Waals surface area contributed by atoms with Crippen molar-refractivity contribution in [3.63, 3.8) is 0 Å². The molecule has 1 rings (SSSR count). The quantitative estimate of drug-likeness (QED) is 0.348. The smallest absolute Gasteiger partial charge is 0.245 e. The summed E-state index contributed by atoms with van der Waals surface area (Å²) in [7, 11) is 0. The lowest BCUT2D eigenvalue weighted by molar-refractivity contribution is -0.0530. The number of unbranched alkanes of at least 4 members (excludes halogenated alkanes) is 7. The predicted molar refractivity (Wildman–Crippen MR) is 97.8 cm³/mol. The summed E-state index contributed by atoms with van der Waals surface area (Å²) in [4.78, 5) is 0. The van der Waals surface area contributed by atoms with Crippen LogP contribution in [0.5, 0.6) is 5.75 Å². The normalized spacial score (nSPS) is 13.7. The molecular weight excluding hydrogens is 287 g/mol. The molecule has 1 unspecified atom stereocenters. The number of hydrogen-bond acceptors (Lipinski definition) is 1. The van der Waals surface area contributed by atoms with E-state index in [1.807, 2.05) is 12.1 Å². The lowest BCUT2D eigenvalue weighted by Gasteiger charge is -2.22. The fraction of sp³-hybridized carbons (Fsp3) is 0.714. The monoisotopic (exact) mass is 322 g/mol. The summed E-state index contributed by atoms with van der Waals surface area (Å²) in [5.41, 5.74) is 1.32. The molecule has 1 aromatic rings. The molecule has 0 aliphatic heterocycles. The molecule has 0 radical (unpaired) electrons. The van der Waals surface area contributed by atoms with Crippen LogP contribution >= 0.6 is 0 Å². The average Bonchev–Trinajstić information content (AvgIpc) is 2.52. The number of aryl methyl sites for hydroxylation is 1. The largest absolute Gasteiger partial charge is 0.458 e. The van der Waals surface area contributed by atoms with E-state index in [1.165, 1.54) is 51.0 Å². The Morgan fingerprint density at radius 3 is 2.04 bits per heavy atom. The molecule has 0 aliphatic carbocycles. The molecule has 0 heterocycles. The van der Waals surface area contributed by atoms with Crippen LogP contribution in [0.2, 0.25) is 0 Å². The van der Waals surface area contributed by atoms with E-state index in [0.29, 0.717) is 12.2 Å². The van der Waals surface area contributed by atoms with Crippen LogP contribution in [-0.4, -0.2) is 5.85 Å². The molecule has 1 aromatic carbocycles. The minimum atomic E-state index is -1.56. The number of halogens is 1. The van der Waals surface area contributed by atoms with Gasteiger partial charge < -0.3 is 4.74 Å². The zero-order valence-electron chi connectivity index (χ0n) is 15.4. The molecule has 0 bridgehead atoms. The van der Waals surface area contributed by atoms with Crippen molar-refractivity contribution in [2.45, 2.75) is 97.3 Å². The van der Waals surface area contributed by atoms with Crippen LogP contribution in [0, 0.1) is 0 Å². The maximum atomic E-state index is 14.3. The molecule has 0 N–H and O–H groups in total. The van der Waals surface area contributed by atoms with Crippen molar-refractivity contribution in [3.8, 4) is 5.75 Å². The summed E-state index contributed by atoms with van der Waals surface area (Å²) >= 11 is 0. The number of alkyl halides is 1. The molecule has 132 valence electrons. The molecule has 2 heteroatoms. The number of ether oxygens (including phenoxy) is 1. The summed E-state index contributed by atoms with van der Waals surface area (Å²) in [6.07, 6.45) is 12.5. The molecule has 23 heavy (non-hydrogen) atoms. The van der Waals surface area contributed by atoms with Gasteiger partial charge in [0.05, 0.1) is 0 Å². The van der Waals surface area contributed by atoms with Gasteiger partial charge >= 0.3 is 0 Å². The van der Waals surface area contributed by atoms with Crippen molar-refractivity contribution >= 4 is 0 Å². The maximum absolute atomic E-state index is 14.3. The molecule has 1 nitrogen and oxygen atoms in total. The molecule has 0 saturated carbocycles. The Labute approximate surface area is 142 Å². The zero-order chi connectivity index (χ0) is 17.0. The third-order valence-corrected chi connectivity index (χ3v) is 4.30. The fourth-order valence-corrected chi connectivity index (χ4v) is 2.82. The summed E-state index contributed by atoms with van der Waals surface area (Å²) in [5, 5.41) is 0. The van der Waals surface area contributed by atoms with Gasteiger partial charge in [-0.3, -0.25) is 0 Å². The molecule has 0 aromatic heterocycles. The van der Waals surface area contributed by atoms with Crippen molar-refractivity contribution < 1.29 is 9.13 Å². The second kappa shape index (κ2) is 11.5. The first-order valence-electron chi connectivity index (χ1n) is 9.54. The van der Waals surface area contributed by atoms with Crippen LogP contribution in [0.4, 0.5) is 4.39 Å². The highest BCUT2D eigenvalue weighted by atomic mass is 19.2. The standard InChI is InChI=1S/C21H35FO/c1-4-6-8-9-10-11-13-19-14-16-20(17-15-19)23-21(3,22)18-12-7-5-2/h14-17H,4-13,18H2,1-3H3. The minimum Gasteiger partial charge on any atom is -0.458 e. The Morgan fingerprint density at radius 2 is 1.39 bits per heavy atom. The zero-order valence-corrected chi connectivity index (χ0v) is 15.4. The number of rotatable bonds is 13. The minimum absolute atomic E-state index is 0.459.